The van der Waals surface area contributed by atoms with Gasteiger partial charge in [0.2, 0.25) is 5.91 Å². The van der Waals surface area contributed by atoms with Gasteiger partial charge in [0.05, 0.1) is 0 Å². The fourth-order valence-corrected chi connectivity index (χ4v) is 1.71. The van der Waals surface area contributed by atoms with Crippen LogP contribution in [0.3, 0.4) is 0 Å². The molecule has 0 radical (unpaired) electrons. The van der Waals surface area contributed by atoms with Crippen molar-refractivity contribution < 1.29 is 4.79 Å². The summed E-state index contributed by atoms with van der Waals surface area (Å²) in [5.74, 6) is 0.0725. The van der Waals surface area contributed by atoms with Crippen molar-refractivity contribution in [3.8, 4) is 0 Å². The Bertz CT molecular complexity index is 404. The molecule has 0 saturated carbocycles. The van der Waals surface area contributed by atoms with Crippen LogP contribution in [0.25, 0.3) is 0 Å². The van der Waals surface area contributed by atoms with E-state index in [-0.39, 0.29) is 5.91 Å². The molecule has 1 aromatic rings. The van der Waals surface area contributed by atoms with Gasteiger partial charge >= 0.3 is 0 Å². The zero-order valence-electron chi connectivity index (χ0n) is 10.5. The summed E-state index contributed by atoms with van der Waals surface area (Å²) in [6.07, 6.45) is 0. The lowest BCUT2D eigenvalue weighted by Gasteiger charge is -2.18. The van der Waals surface area contributed by atoms with E-state index in [1.807, 2.05) is 19.1 Å². The summed E-state index contributed by atoms with van der Waals surface area (Å²) < 4.78 is 0. The van der Waals surface area contributed by atoms with Gasteiger partial charge in [0.15, 0.2) is 0 Å². The minimum Gasteiger partial charge on any atom is -0.368 e. The zero-order valence-corrected chi connectivity index (χ0v) is 11.2. The van der Waals surface area contributed by atoms with Gasteiger partial charge in [0.1, 0.15) is 6.04 Å². The second kappa shape index (κ2) is 6.03. The number of amides is 1. The van der Waals surface area contributed by atoms with Crippen LogP contribution in [0.15, 0.2) is 18.2 Å². The number of primary amides is 1. The second-order valence-electron chi connectivity index (χ2n) is 4.65. The van der Waals surface area contributed by atoms with E-state index in [4.69, 9.17) is 17.3 Å². The maximum Gasteiger partial charge on any atom is 0.239 e. The van der Waals surface area contributed by atoms with Gasteiger partial charge in [0.25, 0.3) is 0 Å². The Kier molecular flexibility index (Phi) is 4.97. The Morgan fingerprint density at radius 3 is 2.59 bits per heavy atom. The molecular weight excluding hydrogens is 236 g/mol. The monoisotopic (exact) mass is 254 g/mol. The van der Waals surface area contributed by atoms with E-state index in [9.17, 15) is 4.79 Å². The zero-order chi connectivity index (χ0) is 13.0. The van der Waals surface area contributed by atoms with Crippen molar-refractivity contribution in [3.05, 3.63) is 34.3 Å². The lowest BCUT2D eigenvalue weighted by Crippen LogP contribution is -2.35. The van der Waals surface area contributed by atoms with Gasteiger partial charge < -0.3 is 11.1 Å². The largest absolute Gasteiger partial charge is 0.368 e. The van der Waals surface area contributed by atoms with Gasteiger partial charge in [-0.05, 0) is 36.6 Å². The van der Waals surface area contributed by atoms with Crippen molar-refractivity contribution in [3.63, 3.8) is 0 Å². The molecule has 0 aliphatic heterocycles. The van der Waals surface area contributed by atoms with Crippen molar-refractivity contribution in [2.75, 3.05) is 6.54 Å². The van der Waals surface area contributed by atoms with Crippen LogP contribution in [0.2, 0.25) is 5.02 Å². The molecule has 1 atom stereocenters. The quantitative estimate of drug-likeness (QED) is 0.848. The first-order chi connectivity index (χ1) is 7.91. The lowest BCUT2D eigenvalue weighted by molar-refractivity contribution is -0.120. The van der Waals surface area contributed by atoms with Crippen molar-refractivity contribution in [2.45, 2.75) is 26.8 Å². The summed E-state index contributed by atoms with van der Waals surface area (Å²) in [7, 11) is 0. The maximum atomic E-state index is 11.4. The molecule has 1 rings (SSSR count). The highest BCUT2D eigenvalue weighted by Crippen LogP contribution is 2.21. The highest BCUT2D eigenvalue weighted by atomic mass is 35.5. The Labute approximate surface area is 107 Å². The summed E-state index contributed by atoms with van der Waals surface area (Å²) in [6, 6.07) is 5.09. The second-order valence-corrected chi connectivity index (χ2v) is 5.05. The highest BCUT2D eigenvalue weighted by molar-refractivity contribution is 6.31. The molecule has 0 saturated heterocycles. The van der Waals surface area contributed by atoms with Crippen LogP contribution < -0.4 is 11.1 Å². The summed E-state index contributed by atoms with van der Waals surface area (Å²) in [4.78, 5) is 11.4. The summed E-state index contributed by atoms with van der Waals surface area (Å²) in [5.41, 5.74) is 7.20. The van der Waals surface area contributed by atoms with Crippen LogP contribution in [-0.4, -0.2) is 12.5 Å². The third kappa shape index (κ3) is 4.02. The van der Waals surface area contributed by atoms with Crippen LogP contribution in [0.1, 0.15) is 31.0 Å². The molecule has 0 fully saturated rings. The summed E-state index contributed by atoms with van der Waals surface area (Å²) >= 11 is 6.05. The number of carbonyl (C=O) groups excluding carboxylic acids is 1. The molecule has 0 aliphatic rings. The van der Waals surface area contributed by atoms with E-state index < -0.39 is 6.04 Å². The van der Waals surface area contributed by atoms with Crippen LogP contribution >= 0.6 is 11.6 Å². The third-order valence-corrected chi connectivity index (χ3v) is 2.95. The number of carbonyl (C=O) groups is 1. The predicted molar refractivity (Wildman–Crippen MR) is 71.0 cm³/mol. The molecule has 17 heavy (non-hydrogen) atoms. The van der Waals surface area contributed by atoms with Gasteiger partial charge in [-0.3, -0.25) is 4.79 Å². The highest BCUT2D eigenvalue weighted by Gasteiger charge is 2.17. The lowest BCUT2D eigenvalue weighted by atomic mass is 10.0. The number of hydrogen-bond donors (Lipinski definition) is 2. The first kappa shape index (κ1) is 14.0. The van der Waals surface area contributed by atoms with Crippen molar-refractivity contribution >= 4 is 17.5 Å². The molecule has 1 unspecified atom stereocenters. The predicted octanol–water partition coefficient (Wildman–Crippen LogP) is 2.42. The first-order valence-electron chi connectivity index (χ1n) is 5.70. The minimum absolute atomic E-state index is 0.384. The maximum absolute atomic E-state index is 11.4. The topological polar surface area (TPSA) is 55.1 Å². The third-order valence-electron chi connectivity index (χ3n) is 2.54. The Balaban J connectivity index is 2.89. The molecule has 4 heteroatoms. The number of benzene rings is 1. The Hall–Kier alpha value is -1.06. The van der Waals surface area contributed by atoms with E-state index in [1.54, 1.807) is 6.07 Å². The van der Waals surface area contributed by atoms with Gasteiger partial charge in [-0.25, -0.2) is 0 Å². The van der Waals surface area contributed by atoms with Gasteiger partial charge in [-0.2, -0.15) is 0 Å². The molecule has 0 bridgehead atoms. The number of nitrogens with one attached hydrogen (secondary N) is 1. The molecule has 3 nitrogen and oxygen atoms in total. The molecule has 94 valence electrons. The number of hydrogen-bond acceptors (Lipinski definition) is 2. The average Bonchev–Trinajstić information content (AvgIpc) is 2.22. The van der Waals surface area contributed by atoms with Gasteiger partial charge in [-0.1, -0.05) is 37.6 Å². The molecule has 0 aromatic heterocycles. The van der Waals surface area contributed by atoms with E-state index in [2.05, 4.69) is 19.2 Å². The van der Waals surface area contributed by atoms with Crippen molar-refractivity contribution in [1.29, 1.82) is 0 Å². The molecule has 1 amide bonds. The van der Waals surface area contributed by atoms with E-state index in [0.29, 0.717) is 10.9 Å². The van der Waals surface area contributed by atoms with Gasteiger partial charge in [0, 0.05) is 5.02 Å². The SMILES string of the molecule is Cc1ccc(C(NCC(C)C)C(N)=O)cc1Cl. The molecule has 0 aliphatic carbocycles. The van der Waals surface area contributed by atoms with Crippen LogP contribution in [0.5, 0.6) is 0 Å². The number of nitrogens with two attached hydrogens (primary N) is 1. The van der Waals surface area contributed by atoms with Crippen LogP contribution in [0.4, 0.5) is 0 Å². The van der Waals surface area contributed by atoms with Crippen molar-refractivity contribution in [2.24, 2.45) is 11.7 Å². The van der Waals surface area contributed by atoms with Crippen LogP contribution in [-0.2, 0) is 4.79 Å². The Morgan fingerprint density at radius 2 is 2.12 bits per heavy atom. The Morgan fingerprint density at radius 1 is 1.47 bits per heavy atom. The fourth-order valence-electron chi connectivity index (χ4n) is 1.52. The van der Waals surface area contributed by atoms with Crippen LogP contribution in [0, 0.1) is 12.8 Å². The summed E-state index contributed by atoms with van der Waals surface area (Å²) in [6.45, 7) is 6.81. The standard InChI is InChI=1S/C13H19ClN2O/c1-8(2)7-16-12(13(15)17)10-5-4-9(3)11(14)6-10/h4-6,8,12,16H,7H2,1-3H3,(H2,15,17). The smallest absolute Gasteiger partial charge is 0.239 e. The van der Waals surface area contributed by atoms with E-state index in [0.717, 1.165) is 17.7 Å². The fraction of sp³-hybridized carbons (Fsp3) is 0.462. The average molecular weight is 255 g/mol. The molecule has 3 N–H and O–H groups in total. The summed E-state index contributed by atoms with van der Waals surface area (Å²) in [5, 5.41) is 3.80. The molecular formula is C13H19ClN2O. The minimum atomic E-state index is -0.476. The number of aryl methyl sites for hydroxylation is 1. The number of rotatable bonds is 5. The van der Waals surface area contributed by atoms with E-state index in [1.165, 1.54) is 0 Å². The van der Waals surface area contributed by atoms with Gasteiger partial charge in [-0.15, -0.1) is 0 Å². The molecule has 1 aromatic carbocycles. The number of halogens is 1. The first-order valence-corrected chi connectivity index (χ1v) is 6.08. The molecule has 0 heterocycles. The molecule has 0 spiro atoms. The van der Waals surface area contributed by atoms with Crippen molar-refractivity contribution in [1.82, 2.24) is 5.32 Å². The van der Waals surface area contributed by atoms with E-state index >= 15 is 0 Å². The normalized spacial score (nSPS) is 12.8.